The molecule has 6 heteroatoms. The zero-order valence-electron chi connectivity index (χ0n) is 18.2. The second-order valence-corrected chi connectivity index (χ2v) is 8.50. The first-order chi connectivity index (χ1) is 14.5. The predicted octanol–water partition coefficient (Wildman–Crippen LogP) is 3.94. The minimum Gasteiger partial charge on any atom is -0.497 e. The van der Waals surface area contributed by atoms with Crippen molar-refractivity contribution in [3.8, 4) is 5.75 Å². The van der Waals surface area contributed by atoms with Crippen LogP contribution >= 0.6 is 0 Å². The highest BCUT2D eigenvalue weighted by Crippen LogP contribution is 2.32. The van der Waals surface area contributed by atoms with Gasteiger partial charge in [-0.05, 0) is 57.0 Å². The van der Waals surface area contributed by atoms with E-state index in [9.17, 15) is 4.79 Å². The molecule has 2 saturated heterocycles. The highest BCUT2D eigenvalue weighted by Gasteiger charge is 2.32. The summed E-state index contributed by atoms with van der Waals surface area (Å²) >= 11 is 0. The molecule has 0 spiro atoms. The zero-order chi connectivity index (χ0) is 21.1. The maximum Gasteiger partial charge on any atom is 0.219 e. The number of aryl methyl sites for hydroxylation is 1. The van der Waals surface area contributed by atoms with Crippen LogP contribution in [0.1, 0.15) is 43.5 Å². The molecule has 30 heavy (non-hydrogen) atoms. The molecule has 4 rings (SSSR count). The summed E-state index contributed by atoms with van der Waals surface area (Å²) in [5, 5.41) is 3.50. The summed E-state index contributed by atoms with van der Waals surface area (Å²) in [5.41, 5.74) is 4.28. The number of anilines is 2. The lowest BCUT2D eigenvalue weighted by Gasteiger charge is -2.36. The van der Waals surface area contributed by atoms with Crippen molar-refractivity contribution in [2.24, 2.45) is 0 Å². The van der Waals surface area contributed by atoms with E-state index in [4.69, 9.17) is 9.72 Å². The molecule has 0 saturated carbocycles. The van der Waals surface area contributed by atoms with Gasteiger partial charge in [0.1, 0.15) is 5.75 Å². The van der Waals surface area contributed by atoms with Gasteiger partial charge in [0.25, 0.3) is 0 Å². The number of carbonyl (C=O) groups is 1. The standard InChI is InChI=1S/C24H32N4O2/c1-17-13-21(26-20-5-4-6-23(14-20)30-3)15-24(25-17)19-7-10-28(16-19)22-8-11-27(12-9-22)18(2)29/h4-6,13-15,19,22H,7-12,16H2,1-3H3,(H,25,26)/t19-/m0/s1. The van der Waals surface area contributed by atoms with Crippen LogP contribution in [0.15, 0.2) is 36.4 Å². The number of rotatable bonds is 5. The van der Waals surface area contributed by atoms with E-state index in [1.54, 1.807) is 14.0 Å². The van der Waals surface area contributed by atoms with E-state index in [2.05, 4.69) is 29.3 Å². The highest BCUT2D eigenvalue weighted by molar-refractivity contribution is 5.73. The molecule has 3 heterocycles. The summed E-state index contributed by atoms with van der Waals surface area (Å²) in [6, 6.07) is 12.9. The molecule has 160 valence electrons. The van der Waals surface area contributed by atoms with Crippen molar-refractivity contribution in [2.45, 2.75) is 45.1 Å². The molecular weight excluding hydrogens is 376 g/mol. The molecule has 1 amide bonds. The van der Waals surface area contributed by atoms with Gasteiger partial charge in [-0.25, -0.2) is 0 Å². The summed E-state index contributed by atoms with van der Waals surface area (Å²) in [4.78, 5) is 21.0. The molecule has 2 aliphatic rings. The summed E-state index contributed by atoms with van der Waals surface area (Å²) in [5.74, 6) is 1.50. The average molecular weight is 409 g/mol. The van der Waals surface area contributed by atoms with Crippen LogP contribution < -0.4 is 10.1 Å². The first-order valence-corrected chi connectivity index (χ1v) is 10.9. The normalized spacial score (nSPS) is 20.4. The molecule has 0 radical (unpaired) electrons. The topological polar surface area (TPSA) is 57.7 Å². The minimum atomic E-state index is 0.202. The van der Waals surface area contributed by atoms with Crippen molar-refractivity contribution < 1.29 is 9.53 Å². The fraction of sp³-hybridized carbons (Fsp3) is 0.500. The Morgan fingerprint density at radius 3 is 2.63 bits per heavy atom. The lowest BCUT2D eigenvalue weighted by Crippen LogP contribution is -2.45. The molecule has 0 aliphatic carbocycles. The number of aromatic nitrogens is 1. The Hall–Kier alpha value is -2.60. The summed E-state index contributed by atoms with van der Waals surface area (Å²) < 4.78 is 5.33. The number of methoxy groups -OCH3 is 1. The SMILES string of the molecule is COc1cccc(Nc2cc(C)nc([C@H]3CCN(C4CCN(C(C)=O)CC4)C3)c2)c1. The zero-order valence-corrected chi connectivity index (χ0v) is 18.2. The van der Waals surface area contributed by atoms with Crippen LogP contribution in [0, 0.1) is 6.92 Å². The number of ether oxygens (including phenoxy) is 1. The fourth-order valence-corrected chi connectivity index (χ4v) is 4.75. The van der Waals surface area contributed by atoms with Crippen LogP contribution in [-0.2, 0) is 4.79 Å². The molecule has 1 N–H and O–H groups in total. The highest BCUT2D eigenvalue weighted by atomic mass is 16.5. The number of benzene rings is 1. The monoisotopic (exact) mass is 408 g/mol. The van der Waals surface area contributed by atoms with E-state index in [0.29, 0.717) is 12.0 Å². The Morgan fingerprint density at radius 2 is 1.90 bits per heavy atom. The number of nitrogens with one attached hydrogen (secondary N) is 1. The van der Waals surface area contributed by atoms with E-state index in [0.717, 1.165) is 68.3 Å². The number of carbonyl (C=O) groups excluding carboxylic acids is 1. The van der Waals surface area contributed by atoms with Crippen molar-refractivity contribution in [2.75, 3.05) is 38.6 Å². The number of hydrogen-bond donors (Lipinski definition) is 1. The Bertz CT molecular complexity index is 893. The van der Waals surface area contributed by atoms with Gasteiger partial charge in [-0.3, -0.25) is 14.7 Å². The molecule has 0 unspecified atom stereocenters. The number of amides is 1. The summed E-state index contributed by atoms with van der Waals surface area (Å²) in [7, 11) is 1.68. The molecule has 0 bridgehead atoms. The van der Waals surface area contributed by atoms with E-state index in [-0.39, 0.29) is 5.91 Å². The lowest BCUT2D eigenvalue weighted by molar-refractivity contribution is -0.130. The van der Waals surface area contributed by atoms with Crippen LogP contribution in [0.5, 0.6) is 5.75 Å². The van der Waals surface area contributed by atoms with Gasteiger partial charge in [-0.1, -0.05) is 6.07 Å². The smallest absolute Gasteiger partial charge is 0.219 e. The minimum absolute atomic E-state index is 0.202. The second-order valence-electron chi connectivity index (χ2n) is 8.50. The quantitative estimate of drug-likeness (QED) is 0.812. The maximum absolute atomic E-state index is 11.6. The van der Waals surface area contributed by atoms with Gasteiger partial charge in [0.05, 0.1) is 7.11 Å². The number of likely N-dealkylation sites (tertiary alicyclic amines) is 2. The van der Waals surface area contributed by atoms with Crippen LogP contribution in [-0.4, -0.2) is 60.0 Å². The van der Waals surface area contributed by atoms with Crippen LogP contribution in [0.25, 0.3) is 0 Å². The number of nitrogens with zero attached hydrogens (tertiary/aromatic N) is 3. The molecule has 2 aromatic rings. The fourth-order valence-electron chi connectivity index (χ4n) is 4.75. The Morgan fingerprint density at radius 1 is 1.10 bits per heavy atom. The van der Waals surface area contributed by atoms with Crippen molar-refractivity contribution in [1.82, 2.24) is 14.8 Å². The largest absolute Gasteiger partial charge is 0.497 e. The third-order valence-corrected chi connectivity index (χ3v) is 6.40. The van der Waals surface area contributed by atoms with Crippen molar-refractivity contribution in [3.05, 3.63) is 47.8 Å². The van der Waals surface area contributed by atoms with Gasteiger partial charge in [-0.2, -0.15) is 0 Å². The van der Waals surface area contributed by atoms with Gasteiger partial charge >= 0.3 is 0 Å². The van der Waals surface area contributed by atoms with Crippen LogP contribution in [0.3, 0.4) is 0 Å². The molecule has 1 aromatic heterocycles. The van der Waals surface area contributed by atoms with Gasteiger partial charge in [0.2, 0.25) is 5.91 Å². The van der Waals surface area contributed by atoms with Crippen molar-refractivity contribution in [1.29, 1.82) is 0 Å². The second kappa shape index (κ2) is 9.04. The van der Waals surface area contributed by atoms with E-state index >= 15 is 0 Å². The first-order valence-electron chi connectivity index (χ1n) is 10.9. The van der Waals surface area contributed by atoms with Gasteiger partial charge in [0.15, 0.2) is 0 Å². The number of pyridine rings is 1. The van der Waals surface area contributed by atoms with Crippen molar-refractivity contribution in [3.63, 3.8) is 0 Å². The van der Waals surface area contributed by atoms with E-state index in [1.807, 2.05) is 29.2 Å². The van der Waals surface area contributed by atoms with Gasteiger partial charge in [-0.15, -0.1) is 0 Å². The lowest BCUT2D eigenvalue weighted by atomic mass is 10.0. The van der Waals surface area contributed by atoms with Crippen LogP contribution in [0.4, 0.5) is 11.4 Å². The first kappa shape index (κ1) is 20.7. The Labute approximate surface area is 179 Å². The van der Waals surface area contributed by atoms with Crippen molar-refractivity contribution >= 4 is 17.3 Å². The molecule has 2 aliphatic heterocycles. The van der Waals surface area contributed by atoms with Crippen LogP contribution in [0.2, 0.25) is 0 Å². The van der Waals surface area contributed by atoms with Gasteiger partial charge in [0, 0.05) is 67.3 Å². The number of hydrogen-bond acceptors (Lipinski definition) is 5. The van der Waals surface area contributed by atoms with E-state index < -0.39 is 0 Å². The molecule has 1 atom stereocenters. The maximum atomic E-state index is 11.6. The Balaban J connectivity index is 1.41. The molecule has 2 fully saturated rings. The van der Waals surface area contributed by atoms with E-state index in [1.165, 1.54) is 5.69 Å². The third kappa shape index (κ3) is 4.75. The summed E-state index contributed by atoms with van der Waals surface area (Å²) in [6.07, 6.45) is 3.30. The van der Waals surface area contributed by atoms with Gasteiger partial charge < -0.3 is 15.0 Å². The molecule has 6 nitrogen and oxygen atoms in total. The Kier molecular flexibility index (Phi) is 6.23. The molecular formula is C24H32N4O2. The third-order valence-electron chi connectivity index (χ3n) is 6.40. The predicted molar refractivity (Wildman–Crippen MR) is 119 cm³/mol. The number of piperidine rings is 1. The summed E-state index contributed by atoms with van der Waals surface area (Å²) in [6.45, 7) is 7.68. The average Bonchev–Trinajstić information content (AvgIpc) is 3.24. The molecule has 1 aromatic carbocycles.